The lowest BCUT2D eigenvalue weighted by Gasteiger charge is -2.28. The molecule has 1 aliphatic heterocycles. The predicted octanol–water partition coefficient (Wildman–Crippen LogP) is 3.54. The Bertz CT molecular complexity index is 488. The maximum atomic E-state index is 11.9. The van der Waals surface area contributed by atoms with E-state index in [1.54, 1.807) is 0 Å². The molecular weight excluding hydrogens is 286 g/mol. The van der Waals surface area contributed by atoms with Crippen LogP contribution in [0.1, 0.15) is 51.4 Å². The fraction of sp³-hybridized carbons (Fsp3) is 0.632. The van der Waals surface area contributed by atoms with Gasteiger partial charge < -0.3 is 15.5 Å². The van der Waals surface area contributed by atoms with E-state index in [1.165, 1.54) is 50.9 Å². The van der Waals surface area contributed by atoms with Crippen molar-refractivity contribution in [2.24, 2.45) is 0 Å². The summed E-state index contributed by atoms with van der Waals surface area (Å²) in [6.45, 7) is 3.05. The minimum Gasteiger partial charge on any atom is -0.385 e. The summed E-state index contributed by atoms with van der Waals surface area (Å²) in [5.41, 5.74) is 2.41. The highest BCUT2D eigenvalue weighted by Gasteiger charge is 2.16. The molecule has 4 nitrogen and oxygen atoms in total. The molecule has 1 amide bonds. The number of carbonyl (C=O) groups is 1. The van der Waals surface area contributed by atoms with E-state index in [9.17, 15) is 4.79 Å². The van der Waals surface area contributed by atoms with Crippen molar-refractivity contribution in [2.45, 2.75) is 57.4 Å². The van der Waals surface area contributed by atoms with E-state index in [2.05, 4.69) is 39.8 Å². The number of nitrogens with zero attached hydrogens (tertiary/aromatic N) is 1. The quantitative estimate of drug-likeness (QED) is 0.844. The molecule has 3 rings (SSSR count). The van der Waals surface area contributed by atoms with E-state index in [0.29, 0.717) is 19.0 Å². The topological polar surface area (TPSA) is 44.4 Å². The first-order valence-corrected chi connectivity index (χ1v) is 9.19. The molecule has 1 aromatic carbocycles. The van der Waals surface area contributed by atoms with Gasteiger partial charge in [-0.2, -0.15) is 0 Å². The van der Waals surface area contributed by atoms with Gasteiger partial charge in [0, 0.05) is 43.5 Å². The van der Waals surface area contributed by atoms with Gasteiger partial charge in [-0.05, 0) is 56.4 Å². The van der Waals surface area contributed by atoms with E-state index < -0.39 is 0 Å². The van der Waals surface area contributed by atoms with E-state index in [1.807, 2.05) is 0 Å². The van der Waals surface area contributed by atoms with Crippen molar-refractivity contribution in [3.05, 3.63) is 24.3 Å². The van der Waals surface area contributed by atoms with Crippen molar-refractivity contribution in [3.63, 3.8) is 0 Å². The average molecular weight is 315 g/mol. The first-order chi connectivity index (χ1) is 11.3. The van der Waals surface area contributed by atoms with Crippen molar-refractivity contribution in [1.82, 2.24) is 5.32 Å². The minimum atomic E-state index is 0.175. The van der Waals surface area contributed by atoms with Gasteiger partial charge in [0.15, 0.2) is 0 Å². The first kappa shape index (κ1) is 16.2. The van der Waals surface area contributed by atoms with Crippen LogP contribution < -0.4 is 15.5 Å². The van der Waals surface area contributed by atoms with Gasteiger partial charge in [0.1, 0.15) is 0 Å². The molecule has 1 aliphatic carbocycles. The zero-order valence-electron chi connectivity index (χ0n) is 14.0. The van der Waals surface area contributed by atoms with Gasteiger partial charge >= 0.3 is 0 Å². The molecule has 0 spiro atoms. The van der Waals surface area contributed by atoms with Gasteiger partial charge in [0.05, 0.1) is 0 Å². The molecule has 1 saturated heterocycles. The molecule has 0 atom stereocenters. The van der Waals surface area contributed by atoms with Crippen LogP contribution in [0.15, 0.2) is 24.3 Å². The third-order valence-electron chi connectivity index (χ3n) is 4.99. The summed E-state index contributed by atoms with van der Waals surface area (Å²) in [7, 11) is 0. The fourth-order valence-electron chi connectivity index (χ4n) is 3.63. The second kappa shape index (κ2) is 8.23. The molecule has 2 aliphatic rings. The summed E-state index contributed by atoms with van der Waals surface area (Å²) >= 11 is 0. The molecule has 23 heavy (non-hydrogen) atoms. The Kier molecular flexibility index (Phi) is 5.78. The lowest BCUT2D eigenvalue weighted by molar-refractivity contribution is -0.121. The van der Waals surface area contributed by atoms with Crippen molar-refractivity contribution in [3.8, 4) is 0 Å². The molecular formula is C19H29N3O. The molecule has 2 fully saturated rings. The number of anilines is 2. The van der Waals surface area contributed by atoms with Gasteiger partial charge in [-0.15, -0.1) is 0 Å². The molecule has 2 N–H and O–H groups in total. The summed E-state index contributed by atoms with van der Waals surface area (Å²) in [5, 5.41) is 6.48. The molecule has 0 aromatic heterocycles. The minimum absolute atomic E-state index is 0.175. The summed E-state index contributed by atoms with van der Waals surface area (Å²) in [5.74, 6) is 0.175. The van der Waals surface area contributed by atoms with Gasteiger partial charge in [-0.3, -0.25) is 4.79 Å². The fourth-order valence-corrected chi connectivity index (χ4v) is 3.63. The second-order valence-corrected chi connectivity index (χ2v) is 6.82. The van der Waals surface area contributed by atoms with Crippen LogP contribution in [0, 0.1) is 0 Å². The molecule has 1 saturated carbocycles. The third kappa shape index (κ3) is 4.88. The largest absolute Gasteiger partial charge is 0.385 e. The van der Waals surface area contributed by atoms with Crippen LogP contribution in [0.2, 0.25) is 0 Å². The highest BCUT2D eigenvalue weighted by atomic mass is 16.1. The van der Waals surface area contributed by atoms with E-state index in [-0.39, 0.29) is 5.91 Å². The van der Waals surface area contributed by atoms with Crippen LogP contribution in [0.4, 0.5) is 11.4 Å². The number of piperidine rings is 1. The van der Waals surface area contributed by atoms with Crippen molar-refractivity contribution >= 4 is 17.3 Å². The van der Waals surface area contributed by atoms with E-state index >= 15 is 0 Å². The van der Waals surface area contributed by atoms with E-state index in [0.717, 1.165) is 18.5 Å². The highest BCUT2D eigenvalue weighted by molar-refractivity contribution is 5.76. The predicted molar refractivity (Wildman–Crippen MR) is 96.0 cm³/mol. The molecule has 4 heteroatoms. The lowest BCUT2D eigenvalue weighted by Crippen LogP contribution is -2.33. The Morgan fingerprint density at radius 2 is 1.70 bits per heavy atom. The summed E-state index contributed by atoms with van der Waals surface area (Å²) in [6, 6.07) is 9.04. The third-order valence-corrected chi connectivity index (χ3v) is 4.99. The lowest BCUT2D eigenvalue weighted by atomic mass is 10.1. The van der Waals surface area contributed by atoms with Crippen LogP contribution in [-0.2, 0) is 4.79 Å². The van der Waals surface area contributed by atoms with Crippen molar-refractivity contribution < 1.29 is 4.79 Å². The van der Waals surface area contributed by atoms with Crippen LogP contribution in [0.3, 0.4) is 0 Å². The number of nitrogens with one attached hydrogen (secondary N) is 2. The maximum Gasteiger partial charge on any atom is 0.221 e. The Labute approximate surface area is 139 Å². The normalized spacial score (nSPS) is 18.9. The Morgan fingerprint density at radius 3 is 2.39 bits per heavy atom. The summed E-state index contributed by atoms with van der Waals surface area (Å²) in [6.07, 6.45) is 9.32. The summed E-state index contributed by atoms with van der Waals surface area (Å²) < 4.78 is 0. The number of rotatable bonds is 6. The maximum absolute atomic E-state index is 11.9. The number of benzene rings is 1. The van der Waals surface area contributed by atoms with Gasteiger partial charge in [-0.25, -0.2) is 0 Å². The molecule has 0 bridgehead atoms. The van der Waals surface area contributed by atoms with Gasteiger partial charge in [0.25, 0.3) is 0 Å². The Balaban J connectivity index is 1.38. The van der Waals surface area contributed by atoms with Crippen LogP contribution in [-0.4, -0.2) is 31.6 Å². The Hall–Kier alpha value is -1.71. The Morgan fingerprint density at radius 1 is 1.00 bits per heavy atom. The van der Waals surface area contributed by atoms with Crippen molar-refractivity contribution in [1.29, 1.82) is 0 Å². The SMILES string of the molecule is O=C(CCNc1ccc(N2CCCCC2)cc1)NC1CCCC1. The standard InChI is InChI=1S/C19H29N3O/c23-19(21-17-6-2-3-7-17)12-13-20-16-8-10-18(11-9-16)22-14-4-1-5-15-22/h8-11,17,20H,1-7,12-15H2,(H,21,23). The van der Waals surface area contributed by atoms with Crippen LogP contribution in [0.5, 0.6) is 0 Å². The molecule has 126 valence electrons. The molecule has 1 aromatic rings. The molecule has 0 radical (unpaired) electrons. The van der Waals surface area contributed by atoms with Gasteiger partial charge in [0.2, 0.25) is 5.91 Å². The van der Waals surface area contributed by atoms with E-state index in [4.69, 9.17) is 0 Å². The smallest absolute Gasteiger partial charge is 0.221 e. The zero-order valence-corrected chi connectivity index (χ0v) is 14.0. The number of hydrogen-bond acceptors (Lipinski definition) is 3. The van der Waals surface area contributed by atoms with Crippen LogP contribution in [0.25, 0.3) is 0 Å². The van der Waals surface area contributed by atoms with Gasteiger partial charge in [-0.1, -0.05) is 12.8 Å². The monoisotopic (exact) mass is 315 g/mol. The number of carbonyl (C=O) groups excluding carboxylic acids is 1. The number of hydrogen-bond donors (Lipinski definition) is 2. The number of amides is 1. The molecule has 1 heterocycles. The second-order valence-electron chi connectivity index (χ2n) is 6.82. The summed E-state index contributed by atoms with van der Waals surface area (Å²) in [4.78, 5) is 14.4. The highest BCUT2D eigenvalue weighted by Crippen LogP contribution is 2.22. The van der Waals surface area contributed by atoms with Crippen LogP contribution >= 0.6 is 0 Å². The molecule has 0 unspecified atom stereocenters. The average Bonchev–Trinajstić information content (AvgIpc) is 3.09. The first-order valence-electron chi connectivity index (χ1n) is 9.19. The zero-order chi connectivity index (χ0) is 15.9. The van der Waals surface area contributed by atoms with Crippen molar-refractivity contribution in [2.75, 3.05) is 29.9 Å².